The van der Waals surface area contributed by atoms with E-state index in [1.165, 1.54) is 0 Å². The normalized spacial score (nSPS) is 12.2. The van der Waals surface area contributed by atoms with Crippen LogP contribution in [0.1, 0.15) is 35.8 Å². The van der Waals surface area contributed by atoms with Crippen molar-refractivity contribution >= 4 is 38.9 Å². The third-order valence-electron chi connectivity index (χ3n) is 5.67. The molecule has 3 N–H and O–H groups in total. The molecule has 1 aromatic carbocycles. The summed E-state index contributed by atoms with van der Waals surface area (Å²) in [6.45, 7) is 5.22. The topological polar surface area (TPSA) is 121 Å². The van der Waals surface area contributed by atoms with Crippen LogP contribution in [0.4, 0.5) is 5.95 Å². The number of hydrogen-bond donors (Lipinski definition) is 2. The van der Waals surface area contributed by atoms with Gasteiger partial charge in [0, 0.05) is 23.8 Å². The zero-order chi connectivity index (χ0) is 24.4. The maximum atomic E-state index is 11.4. The van der Waals surface area contributed by atoms with E-state index in [4.69, 9.17) is 10.5 Å². The molecule has 3 aromatic heterocycles. The highest BCUT2D eigenvalue weighted by molar-refractivity contribution is 9.10. The molecule has 0 aliphatic rings. The lowest BCUT2D eigenvalue weighted by Crippen LogP contribution is -2.12. The predicted octanol–water partition coefficient (Wildman–Crippen LogP) is 4.68. The van der Waals surface area contributed by atoms with Crippen molar-refractivity contribution in [3.05, 3.63) is 52.3 Å². The quantitative estimate of drug-likeness (QED) is 0.303. The van der Waals surface area contributed by atoms with E-state index in [-0.39, 0.29) is 5.56 Å². The maximum absolute atomic E-state index is 11.4. The number of pyridine rings is 1. The molecule has 9 nitrogen and oxygen atoms in total. The lowest BCUT2D eigenvalue weighted by Gasteiger charge is -2.15. The van der Waals surface area contributed by atoms with Gasteiger partial charge in [-0.25, -0.2) is 14.5 Å². The minimum Gasteiger partial charge on any atom is -0.478 e. The van der Waals surface area contributed by atoms with E-state index >= 15 is 0 Å². The molecule has 0 aliphatic heterocycles. The molecule has 0 amide bonds. The summed E-state index contributed by atoms with van der Waals surface area (Å²) in [6.07, 6.45) is 3.42. The third-order valence-corrected chi connectivity index (χ3v) is 6.17. The molecule has 0 saturated carbocycles. The van der Waals surface area contributed by atoms with Gasteiger partial charge >= 0.3 is 5.97 Å². The number of aromatic carboxylic acids is 1. The molecular weight excluding hydrogens is 500 g/mol. The Bertz CT molecular complexity index is 1350. The standard InChI is InChI=1S/C24H27BrN6O3/c1-14(13-31-21-11-17(25)6-7-19(21)29-24(31)26)5-4-8-34-22-18(12-27-30(22)3)20-10-16(23(32)33)9-15(2)28-20/h6-7,9-12,14H,4-5,8,13H2,1-3H3,(H2,26,29)(H,32,33)/t14-/m1/s1. The Morgan fingerprint density at radius 3 is 2.82 bits per heavy atom. The van der Waals surface area contributed by atoms with E-state index in [0.717, 1.165) is 34.9 Å². The number of imidazole rings is 1. The summed E-state index contributed by atoms with van der Waals surface area (Å²) in [5.41, 5.74) is 10.1. The van der Waals surface area contributed by atoms with Gasteiger partial charge in [-0.15, -0.1) is 0 Å². The van der Waals surface area contributed by atoms with E-state index in [2.05, 4.69) is 37.9 Å². The van der Waals surface area contributed by atoms with Crippen molar-refractivity contribution in [3.63, 3.8) is 0 Å². The van der Waals surface area contributed by atoms with Crippen LogP contribution in [-0.2, 0) is 13.6 Å². The molecule has 0 aliphatic carbocycles. The fourth-order valence-corrected chi connectivity index (χ4v) is 4.36. The number of aromatic nitrogens is 5. The fraction of sp³-hybridized carbons (Fsp3) is 0.333. The number of carboxylic acid groups (broad SMARTS) is 1. The molecular formula is C24H27BrN6O3. The van der Waals surface area contributed by atoms with E-state index in [1.807, 2.05) is 22.8 Å². The molecule has 4 rings (SSSR count). The van der Waals surface area contributed by atoms with Gasteiger partial charge in [0.2, 0.25) is 11.8 Å². The van der Waals surface area contributed by atoms with Gasteiger partial charge in [-0.05, 0) is 56.0 Å². The number of nitrogen functional groups attached to an aromatic ring is 1. The van der Waals surface area contributed by atoms with Crippen LogP contribution in [0.25, 0.3) is 22.3 Å². The number of carboxylic acids is 1. The van der Waals surface area contributed by atoms with Gasteiger partial charge in [0.1, 0.15) is 0 Å². The van der Waals surface area contributed by atoms with Crippen LogP contribution >= 0.6 is 15.9 Å². The largest absolute Gasteiger partial charge is 0.478 e. The zero-order valence-electron chi connectivity index (χ0n) is 19.3. The van der Waals surface area contributed by atoms with Crippen LogP contribution in [-0.4, -0.2) is 42.0 Å². The summed E-state index contributed by atoms with van der Waals surface area (Å²) in [7, 11) is 1.79. The molecule has 0 radical (unpaired) electrons. The average Bonchev–Trinajstić information content (AvgIpc) is 3.30. The number of fused-ring (bicyclic) bond motifs is 1. The van der Waals surface area contributed by atoms with E-state index in [9.17, 15) is 9.90 Å². The summed E-state index contributed by atoms with van der Waals surface area (Å²) in [5, 5.41) is 13.6. The Morgan fingerprint density at radius 2 is 2.06 bits per heavy atom. The Kier molecular flexibility index (Phi) is 6.87. The first-order valence-electron chi connectivity index (χ1n) is 11.0. The van der Waals surface area contributed by atoms with Crippen LogP contribution in [0, 0.1) is 12.8 Å². The number of halogens is 1. The summed E-state index contributed by atoms with van der Waals surface area (Å²) >= 11 is 3.52. The van der Waals surface area contributed by atoms with Gasteiger partial charge in [-0.2, -0.15) is 5.10 Å². The second kappa shape index (κ2) is 9.84. The summed E-state index contributed by atoms with van der Waals surface area (Å²) < 4.78 is 10.7. The van der Waals surface area contributed by atoms with Crippen molar-refractivity contribution in [2.75, 3.05) is 12.3 Å². The van der Waals surface area contributed by atoms with Crippen molar-refractivity contribution in [1.82, 2.24) is 24.3 Å². The van der Waals surface area contributed by atoms with E-state index in [0.29, 0.717) is 41.3 Å². The van der Waals surface area contributed by atoms with Gasteiger partial charge in [0.15, 0.2) is 0 Å². The minimum absolute atomic E-state index is 0.185. The Balaban J connectivity index is 1.39. The number of aryl methyl sites for hydroxylation is 2. The number of nitrogens with zero attached hydrogens (tertiary/aromatic N) is 5. The highest BCUT2D eigenvalue weighted by atomic mass is 79.9. The summed E-state index contributed by atoms with van der Waals surface area (Å²) in [6, 6.07) is 9.03. The third kappa shape index (κ3) is 5.06. The first-order valence-corrected chi connectivity index (χ1v) is 11.8. The summed E-state index contributed by atoms with van der Waals surface area (Å²) in [5.74, 6) is 0.453. The van der Waals surface area contributed by atoms with Crippen molar-refractivity contribution in [1.29, 1.82) is 0 Å². The van der Waals surface area contributed by atoms with Gasteiger partial charge in [0.25, 0.3) is 0 Å². The zero-order valence-corrected chi connectivity index (χ0v) is 20.9. The molecule has 10 heteroatoms. The molecule has 178 valence electrons. The predicted molar refractivity (Wildman–Crippen MR) is 134 cm³/mol. The van der Waals surface area contributed by atoms with Crippen molar-refractivity contribution < 1.29 is 14.6 Å². The number of rotatable bonds is 9. The van der Waals surface area contributed by atoms with Crippen molar-refractivity contribution in [2.24, 2.45) is 13.0 Å². The molecule has 1 atom stereocenters. The van der Waals surface area contributed by atoms with Crippen LogP contribution in [0.15, 0.2) is 41.0 Å². The lowest BCUT2D eigenvalue weighted by molar-refractivity contribution is 0.0696. The monoisotopic (exact) mass is 526 g/mol. The number of ether oxygens (including phenoxy) is 1. The molecule has 0 fully saturated rings. The van der Waals surface area contributed by atoms with Crippen LogP contribution in [0.3, 0.4) is 0 Å². The molecule has 34 heavy (non-hydrogen) atoms. The first kappa shape index (κ1) is 23.7. The second-order valence-electron chi connectivity index (χ2n) is 8.48. The molecule has 0 saturated heterocycles. The molecule has 0 unspecified atom stereocenters. The maximum Gasteiger partial charge on any atom is 0.335 e. The molecule has 3 heterocycles. The number of anilines is 1. The number of hydrogen-bond acceptors (Lipinski definition) is 6. The van der Waals surface area contributed by atoms with E-state index in [1.54, 1.807) is 37.0 Å². The van der Waals surface area contributed by atoms with Gasteiger partial charge < -0.3 is 20.1 Å². The van der Waals surface area contributed by atoms with Gasteiger partial charge in [0.05, 0.1) is 40.7 Å². The average molecular weight is 527 g/mol. The molecule has 4 aromatic rings. The smallest absolute Gasteiger partial charge is 0.335 e. The van der Waals surface area contributed by atoms with Crippen molar-refractivity contribution in [3.8, 4) is 17.1 Å². The highest BCUT2D eigenvalue weighted by Gasteiger charge is 2.17. The Labute approximate surface area is 205 Å². The molecule has 0 bridgehead atoms. The Morgan fingerprint density at radius 1 is 1.26 bits per heavy atom. The van der Waals surface area contributed by atoms with E-state index < -0.39 is 5.97 Å². The number of carbonyl (C=O) groups is 1. The number of benzene rings is 1. The van der Waals surface area contributed by atoms with Crippen LogP contribution in [0.5, 0.6) is 5.88 Å². The van der Waals surface area contributed by atoms with Crippen LogP contribution in [0.2, 0.25) is 0 Å². The summed E-state index contributed by atoms with van der Waals surface area (Å²) in [4.78, 5) is 20.4. The number of nitrogens with two attached hydrogens (primary N) is 1. The fourth-order valence-electron chi connectivity index (χ4n) is 4.01. The van der Waals surface area contributed by atoms with Gasteiger partial charge in [-0.1, -0.05) is 22.9 Å². The van der Waals surface area contributed by atoms with Gasteiger partial charge in [-0.3, -0.25) is 4.98 Å². The van der Waals surface area contributed by atoms with Crippen molar-refractivity contribution in [2.45, 2.75) is 33.2 Å². The molecule has 0 spiro atoms. The minimum atomic E-state index is -0.995. The van der Waals surface area contributed by atoms with Crippen LogP contribution < -0.4 is 10.5 Å². The Hall–Kier alpha value is -3.40. The first-order chi connectivity index (χ1) is 16.2. The lowest BCUT2D eigenvalue weighted by atomic mass is 10.1. The second-order valence-corrected chi connectivity index (χ2v) is 9.40. The highest BCUT2D eigenvalue weighted by Crippen LogP contribution is 2.29. The SMILES string of the molecule is Cc1cc(C(=O)O)cc(-c2cnn(C)c2OCCC[C@@H](C)Cn2c(N)nc3ccc(Br)cc32)n1.